The molecule has 0 saturated heterocycles. The number of fused-ring (bicyclic) bond motifs is 1. The number of H-pyrrole nitrogens is 2. The van der Waals surface area contributed by atoms with Crippen LogP contribution >= 0.6 is 25.3 Å². The monoisotopic (exact) mass is 1770 g/mol. The van der Waals surface area contributed by atoms with Crippen molar-refractivity contribution in [3.63, 3.8) is 0 Å². The molecule has 0 fully saturated rings. The van der Waals surface area contributed by atoms with Crippen LogP contribution in [0.1, 0.15) is 158 Å². The number of thiol groups is 2. The number of aliphatic hydroxyl groups is 1. The fraction of sp³-hybridized carbons (Fsp3) is 0.597. The van der Waals surface area contributed by atoms with Gasteiger partial charge in [-0.15, -0.1) is 0 Å². The lowest BCUT2D eigenvalue weighted by Gasteiger charge is -2.30. The van der Waals surface area contributed by atoms with Crippen molar-refractivity contribution < 1.29 is 111 Å². The number of carboxylic acid groups (broad SMARTS) is 2. The van der Waals surface area contributed by atoms with E-state index >= 15 is 0 Å². The molecule has 18 amide bonds. The van der Waals surface area contributed by atoms with E-state index < -0.39 is 297 Å². The van der Waals surface area contributed by atoms with Crippen LogP contribution < -0.4 is 97.0 Å². The predicted molar refractivity (Wildman–Crippen MR) is 448 cm³/mol. The van der Waals surface area contributed by atoms with Crippen LogP contribution in [0.4, 0.5) is 0 Å². The molecule has 2 heterocycles. The molecule has 0 aliphatic rings. The number of carbonyl (C=O) groups is 20. The molecule has 123 heavy (non-hydrogen) atoms. The second kappa shape index (κ2) is 52.4. The van der Waals surface area contributed by atoms with Crippen LogP contribution in [0.25, 0.3) is 10.9 Å². The van der Waals surface area contributed by atoms with Crippen molar-refractivity contribution in [2.45, 2.75) is 250 Å². The highest BCUT2D eigenvalue weighted by Crippen LogP contribution is 2.21. The molecule has 46 heteroatoms. The second-order valence-corrected chi connectivity index (χ2v) is 31.9. The number of aliphatic hydroxyl groups excluding tert-OH is 1. The zero-order valence-electron chi connectivity index (χ0n) is 70.4. The Morgan fingerprint density at radius 3 is 1.21 bits per heavy atom. The van der Waals surface area contributed by atoms with E-state index in [0.29, 0.717) is 16.5 Å². The zero-order chi connectivity index (χ0) is 92.8. The van der Waals surface area contributed by atoms with Gasteiger partial charge in [-0.1, -0.05) is 73.6 Å². The maximum absolute atomic E-state index is 14.8. The zero-order valence-corrected chi connectivity index (χ0v) is 72.2. The molecule has 682 valence electrons. The van der Waals surface area contributed by atoms with Gasteiger partial charge in [0.1, 0.15) is 84.6 Å². The summed E-state index contributed by atoms with van der Waals surface area (Å²) in [6.07, 6.45) is -2.96. The van der Waals surface area contributed by atoms with E-state index in [4.69, 9.17) is 17.2 Å². The molecule has 3 rings (SSSR count). The number of hydrogen-bond donors (Lipinski definition) is 25. The summed E-state index contributed by atoms with van der Waals surface area (Å²) in [5.41, 5.74) is 17.9. The summed E-state index contributed by atoms with van der Waals surface area (Å²) in [7, 11) is 0. The van der Waals surface area contributed by atoms with Gasteiger partial charge < -0.3 is 122 Å². The topological polar surface area (TPSA) is 705 Å². The first-order valence-corrected chi connectivity index (χ1v) is 41.1. The number of nitrogens with two attached hydrogens (primary N) is 3. The molecule has 3 aromatic rings. The Labute approximate surface area is 720 Å². The van der Waals surface area contributed by atoms with Gasteiger partial charge in [0.15, 0.2) is 0 Å². The minimum absolute atomic E-state index is 0.141. The minimum atomic E-state index is -1.85. The number of carboxylic acids is 2. The van der Waals surface area contributed by atoms with Gasteiger partial charge in [0.05, 0.1) is 24.7 Å². The van der Waals surface area contributed by atoms with E-state index in [1.165, 1.54) is 12.5 Å². The summed E-state index contributed by atoms with van der Waals surface area (Å²) < 4.78 is 0. The third-order valence-electron chi connectivity index (χ3n) is 18.7. The normalized spacial score (nSPS) is 14.9. The Hall–Kier alpha value is -12.0. The molecule has 0 unspecified atom stereocenters. The lowest BCUT2D eigenvalue weighted by atomic mass is 9.98. The van der Waals surface area contributed by atoms with E-state index in [9.17, 15) is 111 Å². The first-order chi connectivity index (χ1) is 57.6. The van der Waals surface area contributed by atoms with Crippen molar-refractivity contribution in [2.75, 3.05) is 18.1 Å². The molecule has 44 nitrogen and oxygen atoms in total. The SMILES string of the molecule is CC(=O)N[C@@H](CS)C(=O)N[C@@H](CCC(=O)O)C(=O)N[C@@H](C)C(=O)N[C@@H](CCC(N)=O)C(=O)N[C@@H](CCC(N)=O)C(=O)N[C@@H](Cc1c[nH]cn1)C(=O)N[C@@H](CC(C)C)C(=O)N[C@@H](CC(C)C)C(=O)N[C@@H](CCC(N)=O)C(=O)N[C@@H](CC(C)C)C(=O)N[C@H](C(=O)N[C@H](C(=O)N[C@@H](Cc1c[nH]c2ccccc12)C(=O)NCC(=O)N[C@H](CS)C(=O)O)C(C)C)[C@@H](C)O. The molecule has 0 saturated carbocycles. The third-order valence-corrected chi connectivity index (χ3v) is 19.5. The average Bonchev–Trinajstić information content (AvgIpc) is 1.67. The lowest BCUT2D eigenvalue weighted by molar-refractivity contribution is -0.141. The van der Waals surface area contributed by atoms with Crippen LogP contribution in [0.15, 0.2) is 43.0 Å². The quantitative estimate of drug-likeness (QED) is 0.0234. The Morgan fingerprint density at radius 1 is 0.415 bits per heavy atom. The summed E-state index contributed by atoms with van der Waals surface area (Å²) in [4.78, 5) is 279. The molecular formula is C77H119N21O23S2. The minimum Gasteiger partial charge on any atom is -0.481 e. The molecule has 0 spiro atoms. The number of para-hydroxylation sites is 1. The first kappa shape index (κ1) is 105. The van der Waals surface area contributed by atoms with Crippen molar-refractivity contribution in [3.8, 4) is 0 Å². The van der Waals surface area contributed by atoms with Gasteiger partial charge in [0.2, 0.25) is 106 Å². The van der Waals surface area contributed by atoms with Crippen LogP contribution in [0.5, 0.6) is 0 Å². The van der Waals surface area contributed by atoms with E-state index in [1.54, 1.807) is 85.9 Å². The number of nitrogens with one attached hydrogen (secondary N) is 17. The first-order valence-electron chi connectivity index (χ1n) is 39.9. The molecule has 0 aliphatic carbocycles. The van der Waals surface area contributed by atoms with Crippen molar-refractivity contribution in [2.24, 2.45) is 40.9 Å². The van der Waals surface area contributed by atoms with Gasteiger partial charge in [0, 0.05) is 80.3 Å². The number of imidazole rings is 1. The number of nitrogens with zero attached hydrogens (tertiary/aromatic N) is 1. The van der Waals surface area contributed by atoms with E-state index in [2.05, 4.69) is 120 Å². The van der Waals surface area contributed by atoms with Crippen LogP contribution in [-0.4, -0.2) is 257 Å². The lowest BCUT2D eigenvalue weighted by Crippen LogP contribution is -2.62. The summed E-state index contributed by atoms with van der Waals surface area (Å²) >= 11 is 7.98. The van der Waals surface area contributed by atoms with Gasteiger partial charge in [-0.25, -0.2) is 9.78 Å². The van der Waals surface area contributed by atoms with Crippen LogP contribution in [0.2, 0.25) is 0 Å². The Morgan fingerprint density at radius 2 is 0.797 bits per heavy atom. The average molecular weight is 1770 g/mol. The van der Waals surface area contributed by atoms with Gasteiger partial charge in [-0.3, -0.25) is 91.1 Å². The molecular weight excluding hydrogens is 1650 g/mol. The molecule has 0 aliphatic heterocycles. The second-order valence-electron chi connectivity index (χ2n) is 31.2. The number of carbonyl (C=O) groups excluding carboxylic acids is 18. The Balaban J connectivity index is 1.95. The number of aliphatic carboxylic acids is 2. The Kier molecular flexibility index (Phi) is 44.8. The summed E-state index contributed by atoms with van der Waals surface area (Å²) in [6.45, 7) is 15.9. The van der Waals surface area contributed by atoms with Crippen molar-refractivity contribution in [3.05, 3.63) is 54.2 Å². The van der Waals surface area contributed by atoms with E-state index in [0.717, 1.165) is 20.8 Å². The smallest absolute Gasteiger partial charge is 0.327 e. The van der Waals surface area contributed by atoms with Crippen molar-refractivity contribution in [1.82, 2.24) is 94.7 Å². The van der Waals surface area contributed by atoms with Crippen LogP contribution in [-0.2, 0) is 109 Å². The fourth-order valence-electron chi connectivity index (χ4n) is 12.3. The van der Waals surface area contributed by atoms with Crippen LogP contribution in [0, 0.1) is 23.7 Å². The number of amides is 18. The summed E-state index contributed by atoms with van der Waals surface area (Å²) in [6, 6.07) is -15.2. The van der Waals surface area contributed by atoms with Crippen LogP contribution in [0.3, 0.4) is 0 Å². The van der Waals surface area contributed by atoms with E-state index in [-0.39, 0.29) is 42.9 Å². The highest BCUT2D eigenvalue weighted by Gasteiger charge is 2.40. The largest absolute Gasteiger partial charge is 0.481 e. The highest BCUT2D eigenvalue weighted by atomic mass is 32.1. The number of aromatic amines is 2. The summed E-state index contributed by atoms with van der Waals surface area (Å²) in [5, 5.41) is 67.3. The highest BCUT2D eigenvalue weighted by molar-refractivity contribution is 7.80. The van der Waals surface area contributed by atoms with Crippen molar-refractivity contribution >= 4 is 154 Å². The van der Waals surface area contributed by atoms with Gasteiger partial charge >= 0.3 is 11.9 Å². The van der Waals surface area contributed by atoms with Crippen molar-refractivity contribution in [1.29, 1.82) is 0 Å². The standard InChI is InChI=1S/C77H119N21O23S2/c1-35(2)24-50(70(113)90-48(18-22-59(80)103)68(111)92-52(26-37(5)6)73(116)98-63(40(10)99)76(119)97-62(38(7)8)75(118)96-53(27-42-29-82-45-15-13-12-14-44(42)45)65(108)83-31-60(104)87-56(33-123)77(120)121)93-71(114)51(25-36(3)4)94-72(115)54(28-43-30-81-34-84-43)95-69(112)47(17-21-58(79)102)89-67(110)46(16-20-57(78)101)88-64(107)39(9)85-66(109)49(19-23-61(105)106)91-74(117)55(32-122)86-41(11)100/h12-15,29-30,34-40,46-56,62-63,82,99,122-123H,16-28,31-33H2,1-11H3,(H2,78,101)(H2,79,102)(H2,80,103)(H,81,84)(H,83,108)(H,85,109)(H,86,100)(H,87,104)(H,88,107)(H,89,110)(H,90,113)(H,91,117)(H,92,111)(H,93,114)(H,94,115)(H,95,112)(H,96,118)(H,97,119)(H,98,116)(H,105,106)(H,120,121)/t39-,40+,46-,47-,48-,49-,50-,51-,52-,53-,54-,55-,56+,62-,63-/m0/s1. The maximum Gasteiger partial charge on any atom is 0.327 e. The molecule has 15 atom stereocenters. The summed E-state index contributed by atoms with van der Waals surface area (Å²) in [5.74, 6) is -23.1. The number of primary amides is 3. The molecule has 0 bridgehead atoms. The molecule has 0 radical (unpaired) electrons. The number of rotatable bonds is 56. The van der Waals surface area contributed by atoms with E-state index in [1.807, 2.05) is 0 Å². The molecule has 2 aromatic heterocycles. The van der Waals surface area contributed by atoms with Gasteiger partial charge in [-0.05, 0) is 94.1 Å². The predicted octanol–water partition coefficient (Wildman–Crippen LogP) is -5.60. The van der Waals surface area contributed by atoms with Gasteiger partial charge in [-0.2, -0.15) is 25.3 Å². The number of aromatic nitrogens is 3. The number of benzene rings is 1. The van der Waals surface area contributed by atoms with Gasteiger partial charge in [0.25, 0.3) is 0 Å². The third kappa shape index (κ3) is 37.9. The molecule has 26 N–H and O–H groups in total. The Bertz CT molecular complexity index is 4200. The fourth-order valence-corrected chi connectivity index (χ4v) is 12.8. The number of hydrogen-bond acceptors (Lipinski definition) is 24. The maximum atomic E-state index is 14.8. The molecule has 1 aromatic carbocycles.